The third-order valence-electron chi connectivity index (χ3n) is 3.48. The second kappa shape index (κ2) is 7.33. The summed E-state index contributed by atoms with van der Waals surface area (Å²) in [6, 6.07) is 18.3. The van der Waals surface area contributed by atoms with E-state index < -0.39 is 15.9 Å². The molecular formula is C18H16N2O4S. The van der Waals surface area contributed by atoms with E-state index in [1.54, 1.807) is 12.1 Å². The van der Waals surface area contributed by atoms with Crippen LogP contribution in [0.15, 0.2) is 82.3 Å². The van der Waals surface area contributed by atoms with Crippen molar-refractivity contribution in [2.24, 2.45) is 0 Å². The van der Waals surface area contributed by atoms with Crippen LogP contribution in [0, 0.1) is 0 Å². The second-order valence-electron chi connectivity index (χ2n) is 5.27. The van der Waals surface area contributed by atoms with E-state index in [0.29, 0.717) is 5.69 Å². The topological polar surface area (TPSA) is 88.4 Å². The van der Waals surface area contributed by atoms with Gasteiger partial charge in [0.05, 0.1) is 11.2 Å². The van der Waals surface area contributed by atoms with Crippen molar-refractivity contribution in [1.82, 2.24) is 4.72 Å². The monoisotopic (exact) mass is 356 g/mol. The minimum atomic E-state index is -3.63. The van der Waals surface area contributed by atoms with Gasteiger partial charge in [-0.1, -0.05) is 30.3 Å². The van der Waals surface area contributed by atoms with E-state index in [4.69, 9.17) is 4.42 Å². The lowest BCUT2D eigenvalue weighted by Gasteiger charge is -2.08. The molecule has 3 aromatic rings. The van der Waals surface area contributed by atoms with Crippen molar-refractivity contribution in [3.05, 3.63) is 84.3 Å². The van der Waals surface area contributed by atoms with Gasteiger partial charge in [-0.05, 0) is 42.0 Å². The van der Waals surface area contributed by atoms with E-state index in [-0.39, 0.29) is 17.2 Å². The number of hydrogen-bond donors (Lipinski definition) is 2. The largest absolute Gasteiger partial charge is 0.459 e. The molecule has 2 N–H and O–H groups in total. The Morgan fingerprint density at radius 3 is 2.28 bits per heavy atom. The first kappa shape index (κ1) is 16.9. The summed E-state index contributed by atoms with van der Waals surface area (Å²) in [5, 5.41) is 2.63. The zero-order chi connectivity index (χ0) is 17.7. The van der Waals surface area contributed by atoms with Gasteiger partial charge < -0.3 is 9.73 Å². The zero-order valence-corrected chi connectivity index (χ0v) is 14.0. The smallest absolute Gasteiger partial charge is 0.291 e. The lowest BCUT2D eigenvalue weighted by molar-refractivity contribution is 0.0996. The highest BCUT2D eigenvalue weighted by Gasteiger charge is 2.14. The Morgan fingerprint density at radius 2 is 1.64 bits per heavy atom. The summed E-state index contributed by atoms with van der Waals surface area (Å²) < 4.78 is 32.2. The summed E-state index contributed by atoms with van der Waals surface area (Å²) in [4.78, 5) is 12.0. The number of benzene rings is 2. The van der Waals surface area contributed by atoms with Crippen molar-refractivity contribution < 1.29 is 17.6 Å². The van der Waals surface area contributed by atoms with E-state index in [1.165, 1.54) is 30.5 Å². The predicted octanol–water partition coefficient (Wildman–Crippen LogP) is 3.01. The number of hydrogen-bond acceptors (Lipinski definition) is 4. The van der Waals surface area contributed by atoms with Gasteiger partial charge in [0.15, 0.2) is 5.76 Å². The molecule has 3 rings (SSSR count). The molecule has 0 spiro atoms. The van der Waals surface area contributed by atoms with Crippen LogP contribution in [0.4, 0.5) is 5.69 Å². The van der Waals surface area contributed by atoms with E-state index in [2.05, 4.69) is 10.0 Å². The van der Waals surface area contributed by atoms with Gasteiger partial charge in [-0.3, -0.25) is 4.79 Å². The number of rotatable bonds is 6. The van der Waals surface area contributed by atoms with Crippen molar-refractivity contribution in [1.29, 1.82) is 0 Å². The van der Waals surface area contributed by atoms with Gasteiger partial charge >= 0.3 is 0 Å². The Bertz CT molecular complexity index is 935. The maximum absolute atomic E-state index is 12.3. The number of amides is 1. The number of carbonyl (C=O) groups is 1. The van der Waals surface area contributed by atoms with Crippen LogP contribution >= 0.6 is 0 Å². The summed E-state index contributed by atoms with van der Waals surface area (Å²) in [7, 11) is -3.63. The molecule has 0 aliphatic rings. The summed E-state index contributed by atoms with van der Waals surface area (Å²) >= 11 is 0. The fourth-order valence-corrected chi connectivity index (χ4v) is 3.19. The fraction of sp³-hybridized carbons (Fsp3) is 0.0556. The van der Waals surface area contributed by atoms with Crippen molar-refractivity contribution in [3.8, 4) is 0 Å². The van der Waals surface area contributed by atoms with Gasteiger partial charge in [-0.15, -0.1) is 0 Å². The van der Waals surface area contributed by atoms with Crippen molar-refractivity contribution >= 4 is 21.6 Å². The van der Waals surface area contributed by atoms with E-state index in [0.717, 1.165) is 5.56 Å². The van der Waals surface area contributed by atoms with Gasteiger partial charge in [-0.2, -0.15) is 0 Å². The first-order valence-corrected chi connectivity index (χ1v) is 9.01. The number of sulfonamides is 1. The van der Waals surface area contributed by atoms with E-state index >= 15 is 0 Å². The predicted molar refractivity (Wildman–Crippen MR) is 93.6 cm³/mol. The van der Waals surface area contributed by atoms with Crippen LogP contribution in [0.5, 0.6) is 0 Å². The van der Waals surface area contributed by atoms with Gasteiger partial charge in [0, 0.05) is 12.2 Å². The van der Waals surface area contributed by atoms with Crippen molar-refractivity contribution in [3.63, 3.8) is 0 Å². The molecule has 0 atom stereocenters. The molecule has 0 bridgehead atoms. The number of anilines is 1. The molecule has 0 saturated heterocycles. The number of nitrogens with one attached hydrogen (secondary N) is 2. The molecule has 0 aliphatic carbocycles. The quantitative estimate of drug-likeness (QED) is 0.711. The molecule has 1 heterocycles. The van der Waals surface area contributed by atoms with E-state index in [1.807, 2.05) is 30.3 Å². The number of carbonyl (C=O) groups excluding carboxylic acids is 1. The highest BCUT2D eigenvalue weighted by atomic mass is 32.2. The van der Waals surface area contributed by atoms with Gasteiger partial charge in [0.1, 0.15) is 0 Å². The average molecular weight is 356 g/mol. The van der Waals surface area contributed by atoms with Crippen LogP contribution < -0.4 is 10.0 Å². The Labute approximate surface area is 145 Å². The van der Waals surface area contributed by atoms with Crippen LogP contribution in [0.2, 0.25) is 0 Å². The SMILES string of the molecule is O=C(Nc1ccc(S(=O)(=O)NCc2ccccc2)cc1)c1ccco1. The van der Waals surface area contributed by atoms with Gasteiger partial charge in [0.2, 0.25) is 10.0 Å². The maximum Gasteiger partial charge on any atom is 0.291 e. The second-order valence-corrected chi connectivity index (χ2v) is 7.03. The lowest BCUT2D eigenvalue weighted by Crippen LogP contribution is -2.23. The molecule has 0 fully saturated rings. The third-order valence-corrected chi connectivity index (χ3v) is 4.89. The molecule has 0 radical (unpaired) electrons. The van der Waals surface area contributed by atoms with Crippen LogP contribution in [-0.2, 0) is 16.6 Å². The number of furan rings is 1. The molecular weight excluding hydrogens is 340 g/mol. The molecule has 6 nitrogen and oxygen atoms in total. The maximum atomic E-state index is 12.3. The Kier molecular flexibility index (Phi) is 4.97. The zero-order valence-electron chi connectivity index (χ0n) is 13.2. The lowest BCUT2D eigenvalue weighted by atomic mass is 10.2. The standard InChI is InChI=1S/C18H16N2O4S/c21-18(17-7-4-12-24-17)20-15-8-10-16(11-9-15)25(22,23)19-13-14-5-2-1-3-6-14/h1-12,19H,13H2,(H,20,21). The highest BCUT2D eigenvalue weighted by molar-refractivity contribution is 7.89. The molecule has 25 heavy (non-hydrogen) atoms. The molecule has 0 saturated carbocycles. The van der Waals surface area contributed by atoms with Gasteiger partial charge in [0.25, 0.3) is 5.91 Å². The first-order chi connectivity index (χ1) is 12.0. The normalized spacial score (nSPS) is 11.2. The van der Waals surface area contributed by atoms with Crippen LogP contribution in [-0.4, -0.2) is 14.3 Å². The molecule has 0 unspecified atom stereocenters. The van der Waals surface area contributed by atoms with E-state index in [9.17, 15) is 13.2 Å². The summed E-state index contributed by atoms with van der Waals surface area (Å²) in [5.74, 6) is -0.218. The average Bonchev–Trinajstić information content (AvgIpc) is 3.16. The molecule has 7 heteroatoms. The minimum absolute atomic E-state index is 0.124. The molecule has 1 amide bonds. The van der Waals surface area contributed by atoms with Crippen molar-refractivity contribution in [2.45, 2.75) is 11.4 Å². The van der Waals surface area contributed by atoms with Crippen LogP contribution in [0.1, 0.15) is 16.1 Å². The fourth-order valence-electron chi connectivity index (χ4n) is 2.18. The Morgan fingerprint density at radius 1 is 0.920 bits per heavy atom. The molecule has 2 aromatic carbocycles. The summed E-state index contributed by atoms with van der Waals surface area (Å²) in [6.45, 7) is 0.208. The highest BCUT2D eigenvalue weighted by Crippen LogP contribution is 2.15. The van der Waals surface area contributed by atoms with Gasteiger partial charge in [-0.25, -0.2) is 13.1 Å². The Hall–Kier alpha value is -2.90. The third kappa shape index (κ3) is 4.34. The summed E-state index contributed by atoms with van der Waals surface area (Å²) in [6.07, 6.45) is 1.41. The minimum Gasteiger partial charge on any atom is -0.459 e. The van der Waals surface area contributed by atoms with Crippen LogP contribution in [0.3, 0.4) is 0 Å². The van der Waals surface area contributed by atoms with Crippen LogP contribution in [0.25, 0.3) is 0 Å². The summed E-state index contributed by atoms with van der Waals surface area (Å²) in [5.41, 5.74) is 1.34. The first-order valence-electron chi connectivity index (χ1n) is 7.53. The molecule has 128 valence electrons. The molecule has 1 aromatic heterocycles. The molecule has 0 aliphatic heterocycles. The van der Waals surface area contributed by atoms with Crippen molar-refractivity contribution in [2.75, 3.05) is 5.32 Å². The Balaban J connectivity index is 1.65.